The summed E-state index contributed by atoms with van der Waals surface area (Å²) >= 11 is 13.5. The zero-order valence-electron chi connectivity index (χ0n) is 11.3. The molecule has 0 fully saturated rings. The molecule has 1 heterocycles. The number of halogens is 2. The van der Waals surface area contributed by atoms with Crippen molar-refractivity contribution >= 4 is 40.3 Å². The first kappa shape index (κ1) is 15.8. The van der Waals surface area contributed by atoms with Crippen molar-refractivity contribution < 1.29 is 4.84 Å². The number of rotatable bonds is 5. The van der Waals surface area contributed by atoms with E-state index in [1.807, 2.05) is 31.2 Å². The maximum Gasteiger partial charge on any atom is 0.143 e. The van der Waals surface area contributed by atoms with Crippen LogP contribution >= 0.6 is 34.5 Å². The second kappa shape index (κ2) is 7.46. The molecule has 0 bridgehead atoms. The number of hydrogen-bond donors (Lipinski definition) is 0. The highest BCUT2D eigenvalue weighted by atomic mass is 35.5. The van der Waals surface area contributed by atoms with Crippen molar-refractivity contribution in [2.75, 3.05) is 0 Å². The highest BCUT2D eigenvalue weighted by molar-refractivity contribution is 7.14. The van der Waals surface area contributed by atoms with Gasteiger partial charge >= 0.3 is 0 Å². The van der Waals surface area contributed by atoms with Crippen molar-refractivity contribution in [3.05, 3.63) is 55.7 Å². The minimum absolute atomic E-state index is 0.257. The van der Waals surface area contributed by atoms with Crippen molar-refractivity contribution in [1.29, 1.82) is 5.26 Å². The van der Waals surface area contributed by atoms with Gasteiger partial charge in [-0.25, -0.2) is 0 Å². The Labute approximate surface area is 137 Å². The summed E-state index contributed by atoms with van der Waals surface area (Å²) in [6, 6.07) is 11.4. The van der Waals surface area contributed by atoms with Gasteiger partial charge < -0.3 is 4.84 Å². The Morgan fingerprint density at radius 1 is 1.33 bits per heavy atom. The van der Waals surface area contributed by atoms with E-state index in [9.17, 15) is 0 Å². The normalized spacial score (nSPS) is 11.2. The lowest BCUT2D eigenvalue weighted by Crippen LogP contribution is -1.94. The van der Waals surface area contributed by atoms with Crippen LogP contribution in [0.3, 0.4) is 0 Å². The van der Waals surface area contributed by atoms with Crippen molar-refractivity contribution in [3.63, 3.8) is 0 Å². The third kappa shape index (κ3) is 4.21. The Balaban J connectivity index is 2.00. The lowest BCUT2D eigenvalue weighted by Gasteiger charge is -2.04. The van der Waals surface area contributed by atoms with Gasteiger partial charge in [0, 0.05) is 10.4 Å². The van der Waals surface area contributed by atoms with Gasteiger partial charge in [-0.1, -0.05) is 40.5 Å². The van der Waals surface area contributed by atoms with E-state index < -0.39 is 0 Å². The van der Waals surface area contributed by atoms with Gasteiger partial charge in [0.25, 0.3) is 0 Å². The van der Waals surface area contributed by atoms with Crippen LogP contribution in [0, 0.1) is 11.3 Å². The number of hydrogen-bond acceptors (Lipinski definition) is 4. The molecule has 0 amide bonds. The lowest BCUT2D eigenvalue weighted by atomic mass is 10.2. The summed E-state index contributed by atoms with van der Waals surface area (Å²) in [5, 5.41) is 13.7. The molecule has 0 N–H and O–H groups in total. The molecule has 1 aromatic carbocycles. The second-order valence-corrected chi connectivity index (χ2v) is 6.22. The van der Waals surface area contributed by atoms with Crippen molar-refractivity contribution in [2.24, 2.45) is 5.16 Å². The standard InChI is InChI=1S/C15H12Cl2N2OS/c1-10(14-6-5-12(21-14)7-8-18)19-20-9-11-3-2-4-13(16)15(11)17/h2-6H,7,9H2,1H3/b19-10-. The zero-order valence-corrected chi connectivity index (χ0v) is 13.6. The molecule has 0 aliphatic heterocycles. The van der Waals surface area contributed by atoms with E-state index in [0.29, 0.717) is 16.5 Å². The third-order valence-electron chi connectivity index (χ3n) is 2.72. The molecule has 0 spiro atoms. The number of nitriles is 1. The first-order valence-corrected chi connectivity index (χ1v) is 7.74. The fourth-order valence-corrected chi connectivity index (χ4v) is 2.90. The average molecular weight is 339 g/mol. The van der Waals surface area contributed by atoms with Crippen LogP contribution in [0.5, 0.6) is 0 Å². The van der Waals surface area contributed by atoms with Gasteiger partial charge in [-0.15, -0.1) is 11.3 Å². The largest absolute Gasteiger partial charge is 0.391 e. The van der Waals surface area contributed by atoms with E-state index in [4.69, 9.17) is 33.3 Å². The van der Waals surface area contributed by atoms with Gasteiger partial charge in [-0.3, -0.25) is 0 Å². The summed E-state index contributed by atoms with van der Waals surface area (Å²) in [4.78, 5) is 7.33. The van der Waals surface area contributed by atoms with Gasteiger partial charge in [0.05, 0.1) is 33.1 Å². The topological polar surface area (TPSA) is 45.4 Å². The van der Waals surface area contributed by atoms with Gasteiger partial charge in [0.15, 0.2) is 0 Å². The number of oxime groups is 1. The predicted molar refractivity (Wildman–Crippen MR) is 87.1 cm³/mol. The average Bonchev–Trinajstić information content (AvgIpc) is 2.92. The van der Waals surface area contributed by atoms with Crippen LogP contribution in [0.15, 0.2) is 35.5 Å². The maximum absolute atomic E-state index is 8.66. The first-order chi connectivity index (χ1) is 10.1. The molecule has 0 atom stereocenters. The van der Waals surface area contributed by atoms with Crippen LogP contribution in [0.2, 0.25) is 10.0 Å². The fraction of sp³-hybridized carbons (Fsp3) is 0.200. The minimum Gasteiger partial charge on any atom is -0.391 e. The Morgan fingerprint density at radius 2 is 2.14 bits per heavy atom. The van der Waals surface area contributed by atoms with Crippen LogP contribution in [-0.2, 0) is 17.9 Å². The van der Waals surface area contributed by atoms with Gasteiger partial charge in [-0.2, -0.15) is 5.26 Å². The molecular formula is C15H12Cl2N2OS. The minimum atomic E-state index is 0.257. The van der Waals surface area contributed by atoms with Crippen molar-refractivity contribution in [1.82, 2.24) is 0 Å². The lowest BCUT2D eigenvalue weighted by molar-refractivity contribution is 0.130. The molecule has 21 heavy (non-hydrogen) atoms. The highest BCUT2D eigenvalue weighted by Crippen LogP contribution is 2.26. The van der Waals surface area contributed by atoms with E-state index in [0.717, 1.165) is 21.0 Å². The fourth-order valence-electron chi connectivity index (χ4n) is 1.65. The highest BCUT2D eigenvalue weighted by Gasteiger charge is 2.06. The molecule has 0 saturated heterocycles. The van der Waals surface area contributed by atoms with E-state index in [1.165, 1.54) is 11.3 Å². The number of benzene rings is 1. The summed E-state index contributed by atoms with van der Waals surface area (Å²) in [7, 11) is 0. The van der Waals surface area contributed by atoms with Crippen molar-refractivity contribution in [2.45, 2.75) is 20.0 Å². The van der Waals surface area contributed by atoms with Gasteiger partial charge in [0.1, 0.15) is 6.61 Å². The molecular weight excluding hydrogens is 327 g/mol. The molecule has 0 aliphatic carbocycles. The monoisotopic (exact) mass is 338 g/mol. The maximum atomic E-state index is 8.66. The number of nitrogens with zero attached hydrogens (tertiary/aromatic N) is 2. The molecule has 0 saturated carbocycles. The summed E-state index contributed by atoms with van der Waals surface area (Å²) in [6.07, 6.45) is 0.414. The molecule has 2 rings (SSSR count). The second-order valence-electron chi connectivity index (χ2n) is 4.26. The molecule has 1 aromatic heterocycles. The molecule has 2 aromatic rings. The number of thiophene rings is 1. The molecule has 0 unspecified atom stereocenters. The summed E-state index contributed by atoms with van der Waals surface area (Å²) in [5.74, 6) is 0. The van der Waals surface area contributed by atoms with Gasteiger partial charge in [-0.05, 0) is 25.1 Å². The Hall–Kier alpha value is -1.54. The van der Waals surface area contributed by atoms with Crippen LogP contribution < -0.4 is 0 Å². The quantitative estimate of drug-likeness (QED) is 0.564. The first-order valence-electron chi connectivity index (χ1n) is 6.17. The van der Waals surface area contributed by atoms with E-state index in [2.05, 4.69) is 11.2 Å². The molecule has 0 aliphatic rings. The summed E-state index contributed by atoms with van der Waals surface area (Å²) in [6.45, 7) is 2.12. The molecule has 0 radical (unpaired) electrons. The summed E-state index contributed by atoms with van der Waals surface area (Å²) < 4.78 is 0. The molecule has 6 heteroatoms. The molecule has 3 nitrogen and oxygen atoms in total. The summed E-state index contributed by atoms with van der Waals surface area (Å²) in [5.41, 5.74) is 1.56. The van der Waals surface area contributed by atoms with Crippen LogP contribution in [0.1, 0.15) is 22.2 Å². The smallest absolute Gasteiger partial charge is 0.143 e. The third-order valence-corrected chi connectivity index (χ3v) is 4.78. The van der Waals surface area contributed by atoms with Crippen LogP contribution in [0.4, 0.5) is 0 Å². The van der Waals surface area contributed by atoms with E-state index in [1.54, 1.807) is 6.07 Å². The zero-order chi connectivity index (χ0) is 15.2. The van der Waals surface area contributed by atoms with E-state index in [-0.39, 0.29) is 6.61 Å². The Kier molecular flexibility index (Phi) is 5.63. The van der Waals surface area contributed by atoms with Crippen LogP contribution in [0.25, 0.3) is 0 Å². The SMILES string of the molecule is C/C(=N/OCc1cccc(Cl)c1Cl)c1ccc(CC#N)s1. The van der Waals surface area contributed by atoms with Crippen LogP contribution in [-0.4, -0.2) is 5.71 Å². The van der Waals surface area contributed by atoms with Gasteiger partial charge in [0.2, 0.25) is 0 Å². The Bertz CT molecular complexity index is 704. The predicted octanol–water partition coefficient (Wildman–Crippen LogP) is 5.06. The van der Waals surface area contributed by atoms with E-state index >= 15 is 0 Å². The Morgan fingerprint density at radius 3 is 2.90 bits per heavy atom. The van der Waals surface area contributed by atoms with Crippen molar-refractivity contribution in [3.8, 4) is 6.07 Å². The molecule has 108 valence electrons.